The molecule has 2 aromatic rings. The molecular formula is C24H31FN2O4S2. The van der Waals surface area contributed by atoms with Gasteiger partial charge < -0.3 is 4.90 Å². The van der Waals surface area contributed by atoms with Crippen molar-refractivity contribution < 1.29 is 21.2 Å². The van der Waals surface area contributed by atoms with Crippen LogP contribution in [-0.2, 0) is 25.1 Å². The molecule has 9 heteroatoms. The Bertz CT molecular complexity index is 1210. The highest BCUT2D eigenvalue weighted by atomic mass is 32.2. The minimum atomic E-state index is -3.84. The van der Waals surface area contributed by atoms with E-state index in [-0.39, 0.29) is 27.6 Å². The average molecular weight is 495 g/mol. The van der Waals surface area contributed by atoms with Crippen LogP contribution in [-0.4, -0.2) is 70.7 Å². The summed E-state index contributed by atoms with van der Waals surface area (Å²) >= 11 is 0. The number of halogens is 1. The second-order valence-corrected chi connectivity index (χ2v) is 14.3. The van der Waals surface area contributed by atoms with Crippen LogP contribution in [0.4, 0.5) is 10.1 Å². The van der Waals surface area contributed by atoms with Crippen molar-refractivity contribution in [2.24, 2.45) is 0 Å². The van der Waals surface area contributed by atoms with E-state index in [9.17, 15) is 21.2 Å². The second-order valence-electron chi connectivity index (χ2n) is 9.98. The van der Waals surface area contributed by atoms with Gasteiger partial charge in [-0.2, -0.15) is 0 Å². The second kappa shape index (κ2) is 8.67. The van der Waals surface area contributed by atoms with Crippen LogP contribution in [0.15, 0.2) is 53.4 Å². The number of piperazine rings is 1. The fourth-order valence-corrected chi connectivity index (χ4v) is 9.59. The third-order valence-corrected chi connectivity index (χ3v) is 10.8. The van der Waals surface area contributed by atoms with Gasteiger partial charge in [0.15, 0.2) is 19.7 Å². The molecule has 33 heavy (non-hydrogen) atoms. The minimum Gasteiger partial charge on any atom is -0.367 e. The third-order valence-electron chi connectivity index (χ3n) is 6.70. The van der Waals surface area contributed by atoms with E-state index in [2.05, 4.69) is 20.8 Å². The summed E-state index contributed by atoms with van der Waals surface area (Å²) in [4.78, 5) is 4.03. The summed E-state index contributed by atoms with van der Waals surface area (Å²) in [5.74, 6) is -0.834. The van der Waals surface area contributed by atoms with Gasteiger partial charge in [0.05, 0.1) is 27.3 Å². The largest absolute Gasteiger partial charge is 0.367 e. The van der Waals surface area contributed by atoms with Crippen LogP contribution in [0.3, 0.4) is 0 Å². The number of para-hydroxylation sites is 1. The van der Waals surface area contributed by atoms with E-state index in [0.717, 1.165) is 5.56 Å². The Balaban J connectivity index is 1.55. The van der Waals surface area contributed by atoms with Crippen molar-refractivity contribution in [3.05, 3.63) is 59.9 Å². The molecule has 2 aliphatic heterocycles. The van der Waals surface area contributed by atoms with Crippen LogP contribution in [0, 0.1) is 5.82 Å². The normalized spacial score (nSPS) is 24.2. The van der Waals surface area contributed by atoms with E-state index in [1.807, 2.05) is 9.80 Å². The first-order valence-corrected chi connectivity index (χ1v) is 14.5. The van der Waals surface area contributed by atoms with Gasteiger partial charge in [-0.1, -0.05) is 45.0 Å². The molecule has 0 spiro atoms. The van der Waals surface area contributed by atoms with Crippen LogP contribution in [0.25, 0.3) is 0 Å². The molecule has 0 bridgehead atoms. The Labute approximate surface area is 196 Å². The predicted molar refractivity (Wildman–Crippen MR) is 129 cm³/mol. The van der Waals surface area contributed by atoms with Crippen LogP contribution in [0.2, 0.25) is 0 Å². The zero-order valence-electron chi connectivity index (χ0n) is 19.2. The van der Waals surface area contributed by atoms with Crippen molar-refractivity contribution in [3.8, 4) is 0 Å². The first kappa shape index (κ1) is 24.2. The molecule has 2 fully saturated rings. The molecular weight excluding hydrogens is 463 g/mol. The highest BCUT2D eigenvalue weighted by Gasteiger charge is 2.48. The van der Waals surface area contributed by atoms with Crippen LogP contribution < -0.4 is 4.90 Å². The molecule has 0 radical (unpaired) electrons. The Morgan fingerprint density at radius 2 is 1.52 bits per heavy atom. The van der Waals surface area contributed by atoms with Crippen molar-refractivity contribution in [3.63, 3.8) is 0 Å². The molecule has 0 N–H and O–H groups in total. The molecule has 0 amide bonds. The molecule has 2 aliphatic rings. The predicted octanol–water partition coefficient (Wildman–Crippen LogP) is 2.88. The summed E-state index contributed by atoms with van der Waals surface area (Å²) in [5, 5.41) is -1.01. The van der Waals surface area contributed by atoms with Crippen molar-refractivity contribution in [1.29, 1.82) is 0 Å². The summed E-state index contributed by atoms with van der Waals surface area (Å²) in [6.07, 6.45) is 0. The molecule has 0 aromatic heterocycles. The van der Waals surface area contributed by atoms with Gasteiger partial charge in [-0.3, -0.25) is 4.90 Å². The maximum absolute atomic E-state index is 14.2. The average Bonchev–Trinajstić information content (AvgIpc) is 3.10. The van der Waals surface area contributed by atoms with E-state index in [1.54, 1.807) is 42.5 Å². The Morgan fingerprint density at radius 1 is 0.909 bits per heavy atom. The Hall–Kier alpha value is -1.97. The number of benzene rings is 2. The van der Waals surface area contributed by atoms with Crippen molar-refractivity contribution in [2.75, 3.05) is 42.6 Å². The smallest absolute Gasteiger partial charge is 0.183 e. The molecule has 0 unspecified atom stereocenters. The summed E-state index contributed by atoms with van der Waals surface area (Å²) in [6.45, 7) is 8.12. The van der Waals surface area contributed by atoms with E-state index < -0.39 is 31.0 Å². The van der Waals surface area contributed by atoms with Gasteiger partial charge in [-0.05, 0) is 35.2 Å². The molecule has 180 valence electrons. The number of hydrogen-bond acceptors (Lipinski definition) is 6. The Kier molecular flexibility index (Phi) is 6.35. The maximum atomic E-state index is 14.2. The van der Waals surface area contributed by atoms with Gasteiger partial charge in [-0.25, -0.2) is 21.2 Å². The molecule has 2 atom stereocenters. The summed E-state index contributed by atoms with van der Waals surface area (Å²) < 4.78 is 66.3. The quantitative estimate of drug-likeness (QED) is 0.651. The highest BCUT2D eigenvalue weighted by Crippen LogP contribution is 2.32. The summed E-state index contributed by atoms with van der Waals surface area (Å²) in [7, 11) is -7.32. The zero-order valence-corrected chi connectivity index (χ0v) is 20.9. The van der Waals surface area contributed by atoms with E-state index in [0.29, 0.717) is 31.9 Å². The lowest BCUT2D eigenvalue weighted by Gasteiger charge is -2.40. The molecule has 6 nitrogen and oxygen atoms in total. The number of hydrogen-bond donors (Lipinski definition) is 0. The third kappa shape index (κ3) is 4.95. The van der Waals surface area contributed by atoms with Crippen LogP contribution in [0.1, 0.15) is 26.3 Å². The van der Waals surface area contributed by atoms with Gasteiger partial charge in [0.2, 0.25) is 0 Å². The molecule has 2 heterocycles. The lowest BCUT2D eigenvalue weighted by molar-refractivity contribution is 0.201. The molecule has 4 rings (SSSR count). The van der Waals surface area contributed by atoms with Gasteiger partial charge in [-0.15, -0.1) is 0 Å². The fraction of sp³-hybridized carbons (Fsp3) is 0.500. The van der Waals surface area contributed by atoms with E-state index in [1.165, 1.54) is 6.07 Å². The standard InChI is InChI=1S/C24H31FN2O4S2/c1-24(2,3)18-8-10-19(11-9-18)33(30,31)23-17-32(28,29)16-22(23)27-14-12-26(13-15-27)21-7-5-4-6-20(21)25/h4-11,22-23H,12-17H2,1-3H3/t22-,23-/m0/s1. The van der Waals surface area contributed by atoms with Crippen LogP contribution >= 0.6 is 0 Å². The summed E-state index contributed by atoms with van der Waals surface area (Å²) in [6, 6.07) is 12.7. The molecule has 0 aliphatic carbocycles. The van der Waals surface area contributed by atoms with Gasteiger partial charge in [0, 0.05) is 32.2 Å². The van der Waals surface area contributed by atoms with Gasteiger partial charge in [0.1, 0.15) is 5.82 Å². The first-order chi connectivity index (χ1) is 15.4. The molecule has 0 saturated carbocycles. The van der Waals surface area contributed by atoms with Crippen molar-refractivity contribution in [2.45, 2.75) is 42.4 Å². The van der Waals surface area contributed by atoms with Crippen molar-refractivity contribution in [1.82, 2.24) is 4.90 Å². The van der Waals surface area contributed by atoms with Crippen molar-refractivity contribution >= 4 is 25.4 Å². The maximum Gasteiger partial charge on any atom is 0.183 e. The first-order valence-electron chi connectivity index (χ1n) is 11.2. The number of nitrogens with zero attached hydrogens (tertiary/aromatic N) is 2. The zero-order chi connectivity index (χ0) is 24.0. The van der Waals surface area contributed by atoms with Gasteiger partial charge >= 0.3 is 0 Å². The minimum absolute atomic E-state index is 0.112. The lowest BCUT2D eigenvalue weighted by Crippen LogP contribution is -2.55. The van der Waals surface area contributed by atoms with Crippen LogP contribution in [0.5, 0.6) is 0 Å². The lowest BCUT2D eigenvalue weighted by atomic mass is 9.87. The number of rotatable bonds is 4. The molecule has 2 aromatic carbocycles. The van der Waals surface area contributed by atoms with Gasteiger partial charge in [0.25, 0.3) is 0 Å². The number of sulfone groups is 2. The SMILES string of the molecule is CC(C)(C)c1ccc(S(=O)(=O)[C@H]2CS(=O)(=O)C[C@@H]2N2CCN(c3ccccc3F)CC2)cc1. The topological polar surface area (TPSA) is 74.8 Å². The Morgan fingerprint density at radius 3 is 2.09 bits per heavy atom. The van der Waals surface area contributed by atoms with E-state index >= 15 is 0 Å². The highest BCUT2D eigenvalue weighted by molar-refractivity contribution is 7.96. The van der Waals surface area contributed by atoms with E-state index in [4.69, 9.17) is 0 Å². The monoisotopic (exact) mass is 494 g/mol. The molecule has 2 saturated heterocycles. The number of anilines is 1. The fourth-order valence-electron chi connectivity index (χ4n) is 4.76. The summed E-state index contributed by atoms with van der Waals surface area (Å²) in [5.41, 5.74) is 1.42.